The van der Waals surface area contributed by atoms with Gasteiger partial charge in [0, 0.05) is 31.2 Å². The third-order valence-electron chi connectivity index (χ3n) is 5.31. The Kier molecular flexibility index (Phi) is 6.87. The highest BCUT2D eigenvalue weighted by molar-refractivity contribution is 5.81. The Morgan fingerprint density at radius 1 is 1.10 bits per heavy atom. The monoisotopic (exact) mass is 433 g/mol. The molecule has 5 nitrogen and oxygen atoms in total. The molecule has 0 saturated carbocycles. The molecule has 166 valence electrons. The summed E-state index contributed by atoms with van der Waals surface area (Å²) in [5.41, 5.74) is 2.17. The summed E-state index contributed by atoms with van der Waals surface area (Å²) in [6, 6.07) is 10.9. The van der Waals surface area contributed by atoms with Gasteiger partial charge in [-0.15, -0.1) is 0 Å². The molecule has 2 N–H and O–H groups in total. The highest BCUT2D eigenvalue weighted by atomic mass is 19.4. The van der Waals surface area contributed by atoms with E-state index in [-0.39, 0.29) is 30.5 Å². The lowest BCUT2D eigenvalue weighted by Gasteiger charge is -2.31. The molecule has 0 spiro atoms. The minimum atomic E-state index is -4.46. The van der Waals surface area contributed by atoms with E-state index in [1.165, 1.54) is 18.2 Å². The fourth-order valence-electron chi connectivity index (χ4n) is 3.71. The second-order valence-corrected chi connectivity index (χ2v) is 7.89. The quantitative estimate of drug-likeness (QED) is 0.725. The minimum absolute atomic E-state index is 0.0235. The van der Waals surface area contributed by atoms with Gasteiger partial charge in [-0.3, -0.25) is 9.59 Å². The number of hydrogen-bond donors (Lipinski definition) is 2. The molecular formula is C23H26F3N3O2. The van der Waals surface area contributed by atoms with Crippen molar-refractivity contribution in [2.45, 2.75) is 39.5 Å². The molecule has 1 heterocycles. The normalized spacial score (nSPS) is 13.7. The van der Waals surface area contributed by atoms with Crippen LogP contribution >= 0.6 is 0 Å². The van der Waals surface area contributed by atoms with E-state index in [0.29, 0.717) is 19.5 Å². The molecular weight excluding hydrogens is 407 g/mol. The summed E-state index contributed by atoms with van der Waals surface area (Å²) in [5.74, 6) is -0.349. The van der Waals surface area contributed by atoms with Crippen LogP contribution in [0.1, 0.15) is 36.1 Å². The number of amides is 2. The average molecular weight is 433 g/mol. The number of hydrogen-bond acceptors (Lipinski definition) is 3. The summed E-state index contributed by atoms with van der Waals surface area (Å²) in [6.45, 7) is 4.64. The molecule has 2 aromatic carbocycles. The molecule has 0 aromatic heterocycles. The van der Waals surface area contributed by atoms with Crippen LogP contribution in [0.15, 0.2) is 42.5 Å². The van der Waals surface area contributed by atoms with Crippen LogP contribution in [0.3, 0.4) is 0 Å². The summed E-state index contributed by atoms with van der Waals surface area (Å²) in [6.07, 6.45) is -3.79. The van der Waals surface area contributed by atoms with Crippen molar-refractivity contribution >= 4 is 17.5 Å². The van der Waals surface area contributed by atoms with Crippen LogP contribution in [-0.4, -0.2) is 29.8 Å². The van der Waals surface area contributed by atoms with E-state index in [0.717, 1.165) is 22.9 Å². The molecule has 1 aliphatic heterocycles. The van der Waals surface area contributed by atoms with Gasteiger partial charge in [0.1, 0.15) is 0 Å². The van der Waals surface area contributed by atoms with Crippen molar-refractivity contribution in [3.8, 4) is 0 Å². The zero-order valence-corrected chi connectivity index (χ0v) is 17.6. The van der Waals surface area contributed by atoms with Gasteiger partial charge < -0.3 is 15.5 Å². The summed E-state index contributed by atoms with van der Waals surface area (Å²) in [7, 11) is 0. The first-order valence-corrected chi connectivity index (χ1v) is 10.2. The van der Waals surface area contributed by atoms with Crippen molar-refractivity contribution in [2.24, 2.45) is 5.92 Å². The molecule has 2 amide bonds. The van der Waals surface area contributed by atoms with E-state index in [4.69, 9.17) is 0 Å². The fraction of sp³-hybridized carbons (Fsp3) is 0.391. The van der Waals surface area contributed by atoms with Gasteiger partial charge in [-0.05, 0) is 35.2 Å². The summed E-state index contributed by atoms with van der Waals surface area (Å²) in [4.78, 5) is 26.3. The van der Waals surface area contributed by atoms with Crippen LogP contribution in [0.4, 0.5) is 18.9 Å². The van der Waals surface area contributed by atoms with E-state index in [9.17, 15) is 22.8 Å². The molecule has 0 atom stereocenters. The lowest BCUT2D eigenvalue weighted by Crippen LogP contribution is -2.38. The number of nitrogens with zero attached hydrogens (tertiary/aromatic N) is 1. The Hall–Kier alpha value is -3.03. The van der Waals surface area contributed by atoms with Gasteiger partial charge in [0.2, 0.25) is 11.8 Å². The second-order valence-electron chi connectivity index (χ2n) is 7.89. The van der Waals surface area contributed by atoms with E-state index < -0.39 is 17.6 Å². The summed E-state index contributed by atoms with van der Waals surface area (Å²) in [5, 5.41) is 5.62. The number of anilines is 1. The van der Waals surface area contributed by atoms with Crippen LogP contribution in [-0.2, 0) is 35.3 Å². The van der Waals surface area contributed by atoms with Crippen molar-refractivity contribution in [1.82, 2.24) is 10.2 Å². The first kappa shape index (κ1) is 22.7. The number of nitrogens with one attached hydrogen (secondary N) is 2. The second kappa shape index (κ2) is 9.41. The predicted molar refractivity (Wildman–Crippen MR) is 112 cm³/mol. The molecule has 2 aromatic rings. The van der Waals surface area contributed by atoms with Crippen LogP contribution in [0.2, 0.25) is 0 Å². The lowest BCUT2D eigenvalue weighted by atomic mass is 9.97. The molecule has 1 aliphatic rings. The van der Waals surface area contributed by atoms with Gasteiger partial charge >= 0.3 is 6.18 Å². The van der Waals surface area contributed by atoms with Crippen LogP contribution in [0, 0.1) is 5.92 Å². The van der Waals surface area contributed by atoms with Crippen molar-refractivity contribution in [2.75, 3.05) is 18.4 Å². The van der Waals surface area contributed by atoms with Gasteiger partial charge in [-0.25, -0.2) is 0 Å². The van der Waals surface area contributed by atoms with Crippen LogP contribution < -0.4 is 10.6 Å². The van der Waals surface area contributed by atoms with E-state index in [1.807, 2.05) is 36.9 Å². The highest BCUT2D eigenvalue weighted by Crippen LogP contribution is 2.31. The highest BCUT2D eigenvalue weighted by Gasteiger charge is 2.32. The molecule has 0 aliphatic carbocycles. The number of rotatable bonds is 6. The topological polar surface area (TPSA) is 61.4 Å². The molecule has 3 rings (SSSR count). The fourth-order valence-corrected chi connectivity index (χ4v) is 3.71. The summed E-state index contributed by atoms with van der Waals surface area (Å²) < 4.78 is 39.2. The van der Waals surface area contributed by atoms with Crippen molar-refractivity contribution in [3.05, 3.63) is 64.7 Å². The largest absolute Gasteiger partial charge is 0.416 e. The Morgan fingerprint density at radius 2 is 1.84 bits per heavy atom. The predicted octanol–water partition coefficient (Wildman–Crippen LogP) is 3.97. The molecule has 0 bridgehead atoms. The Balaban J connectivity index is 1.59. The van der Waals surface area contributed by atoms with Gasteiger partial charge in [0.25, 0.3) is 0 Å². The SMILES string of the molecule is CC(C)C(=O)N1CCc2c(cccc2NCC(=O)NCc2ccccc2C(F)(F)F)C1. The maximum absolute atomic E-state index is 13.1. The smallest absolute Gasteiger partial charge is 0.376 e. The van der Waals surface area contributed by atoms with Crippen molar-refractivity contribution in [3.63, 3.8) is 0 Å². The Bertz CT molecular complexity index is 957. The molecule has 31 heavy (non-hydrogen) atoms. The standard InChI is InChI=1S/C23H26F3N3O2/c1-15(2)22(31)29-11-10-18-17(14-29)7-5-9-20(18)27-13-21(30)28-12-16-6-3-4-8-19(16)23(24,25)26/h3-9,15,27H,10-14H2,1-2H3,(H,28,30). The van der Waals surface area contributed by atoms with Gasteiger partial charge in [0.05, 0.1) is 12.1 Å². The van der Waals surface area contributed by atoms with Gasteiger partial charge in [-0.1, -0.05) is 44.2 Å². The first-order valence-electron chi connectivity index (χ1n) is 10.2. The van der Waals surface area contributed by atoms with Crippen LogP contribution in [0.25, 0.3) is 0 Å². The van der Waals surface area contributed by atoms with E-state index in [1.54, 1.807) is 0 Å². The van der Waals surface area contributed by atoms with Gasteiger partial charge in [0.15, 0.2) is 0 Å². The molecule has 0 radical (unpaired) electrons. The Labute approximate surface area is 179 Å². The Morgan fingerprint density at radius 3 is 2.55 bits per heavy atom. The van der Waals surface area contributed by atoms with Gasteiger partial charge in [-0.2, -0.15) is 13.2 Å². The number of halogens is 3. The minimum Gasteiger partial charge on any atom is -0.376 e. The zero-order valence-electron chi connectivity index (χ0n) is 17.6. The van der Waals surface area contributed by atoms with E-state index in [2.05, 4.69) is 10.6 Å². The summed E-state index contributed by atoms with van der Waals surface area (Å²) >= 11 is 0. The first-order chi connectivity index (χ1) is 14.7. The van der Waals surface area contributed by atoms with Crippen molar-refractivity contribution in [1.29, 1.82) is 0 Å². The number of carbonyl (C=O) groups excluding carboxylic acids is 2. The lowest BCUT2D eigenvalue weighted by molar-refractivity contribution is -0.138. The number of alkyl halides is 3. The number of benzene rings is 2. The molecule has 0 saturated heterocycles. The molecule has 0 fully saturated rings. The average Bonchev–Trinajstić information content (AvgIpc) is 2.74. The third-order valence-corrected chi connectivity index (χ3v) is 5.31. The van der Waals surface area contributed by atoms with Crippen LogP contribution in [0.5, 0.6) is 0 Å². The van der Waals surface area contributed by atoms with E-state index >= 15 is 0 Å². The maximum atomic E-state index is 13.1. The zero-order chi connectivity index (χ0) is 22.6. The molecule has 0 unspecified atom stereocenters. The number of fused-ring (bicyclic) bond motifs is 1. The van der Waals surface area contributed by atoms with Crippen molar-refractivity contribution < 1.29 is 22.8 Å². The third kappa shape index (κ3) is 5.57. The molecule has 8 heteroatoms. The number of carbonyl (C=O) groups is 2. The maximum Gasteiger partial charge on any atom is 0.416 e.